The van der Waals surface area contributed by atoms with Crippen LogP contribution in [0, 0.1) is 0 Å². The number of likely N-dealkylation sites (N-methyl/N-ethyl adjacent to an activating group) is 1. The molecular weight excluding hydrogens is 456 g/mol. The van der Waals surface area contributed by atoms with E-state index in [1.165, 1.54) is 0 Å². The SMILES string of the molecule is CN1CCN(c2ccc(-c3ccc4[nH]nc(NC(=O)Cc5ccc6c(c5)OCCO6)c4c3)cn2)CC1. The van der Waals surface area contributed by atoms with Gasteiger partial charge in [0, 0.05) is 43.3 Å². The van der Waals surface area contributed by atoms with E-state index >= 15 is 0 Å². The summed E-state index contributed by atoms with van der Waals surface area (Å²) in [5, 5.41) is 11.1. The summed E-state index contributed by atoms with van der Waals surface area (Å²) in [6.45, 7) is 5.11. The second kappa shape index (κ2) is 9.50. The summed E-state index contributed by atoms with van der Waals surface area (Å²) in [7, 11) is 2.15. The smallest absolute Gasteiger partial charge is 0.230 e. The fourth-order valence-electron chi connectivity index (χ4n) is 4.63. The van der Waals surface area contributed by atoms with Crippen molar-refractivity contribution in [3.05, 3.63) is 60.3 Å². The lowest BCUT2D eigenvalue weighted by molar-refractivity contribution is -0.115. The third-order valence-electron chi connectivity index (χ3n) is 6.70. The maximum absolute atomic E-state index is 12.8. The number of benzene rings is 2. The summed E-state index contributed by atoms with van der Waals surface area (Å²) in [6.07, 6.45) is 2.12. The van der Waals surface area contributed by atoms with Gasteiger partial charge in [0.25, 0.3) is 0 Å². The van der Waals surface area contributed by atoms with Gasteiger partial charge in [0.05, 0.1) is 11.9 Å². The van der Waals surface area contributed by atoms with Gasteiger partial charge >= 0.3 is 0 Å². The number of ether oxygens (including phenoxy) is 2. The number of carbonyl (C=O) groups is 1. The molecule has 1 amide bonds. The van der Waals surface area contributed by atoms with Crippen molar-refractivity contribution in [1.82, 2.24) is 20.1 Å². The average molecular weight is 485 g/mol. The van der Waals surface area contributed by atoms with Crippen molar-refractivity contribution >= 4 is 28.4 Å². The van der Waals surface area contributed by atoms with Crippen LogP contribution in [0.3, 0.4) is 0 Å². The quantitative estimate of drug-likeness (QED) is 0.449. The van der Waals surface area contributed by atoms with Gasteiger partial charge in [-0.2, -0.15) is 5.10 Å². The van der Waals surface area contributed by atoms with Gasteiger partial charge in [-0.1, -0.05) is 12.1 Å². The standard InChI is InChI=1S/C27H28N6O3/c1-32-8-10-33(11-9-32)25-7-4-20(17-28-25)19-3-5-22-21(16-19)27(31-30-22)29-26(34)15-18-2-6-23-24(14-18)36-13-12-35-23/h2-7,14,16-17H,8-13,15H2,1H3,(H2,29,30,31,34). The molecule has 6 rings (SSSR count). The fraction of sp³-hybridized carbons (Fsp3) is 0.296. The summed E-state index contributed by atoms with van der Waals surface area (Å²) in [6, 6.07) is 15.8. The van der Waals surface area contributed by atoms with Gasteiger partial charge in [-0.3, -0.25) is 9.89 Å². The van der Waals surface area contributed by atoms with Crippen molar-refractivity contribution < 1.29 is 14.3 Å². The van der Waals surface area contributed by atoms with E-state index in [1.807, 2.05) is 42.6 Å². The lowest BCUT2D eigenvalue weighted by Gasteiger charge is -2.33. The number of piperazine rings is 1. The minimum absolute atomic E-state index is 0.149. The number of rotatable bonds is 5. The van der Waals surface area contributed by atoms with E-state index < -0.39 is 0 Å². The zero-order valence-electron chi connectivity index (χ0n) is 20.2. The monoisotopic (exact) mass is 484 g/mol. The van der Waals surface area contributed by atoms with Crippen molar-refractivity contribution in [3.63, 3.8) is 0 Å². The van der Waals surface area contributed by atoms with E-state index in [4.69, 9.17) is 14.5 Å². The Morgan fingerprint density at radius 1 is 0.972 bits per heavy atom. The molecule has 36 heavy (non-hydrogen) atoms. The topological polar surface area (TPSA) is 95.6 Å². The first kappa shape index (κ1) is 22.4. The number of H-pyrrole nitrogens is 1. The highest BCUT2D eigenvalue weighted by Crippen LogP contribution is 2.31. The first-order valence-corrected chi connectivity index (χ1v) is 12.2. The molecule has 2 aliphatic heterocycles. The third-order valence-corrected chi connectivity index (χ3v) is 6.70. The number of hydrogen-bond acceptors (Lipinski definition) is 7. The highest BCUT2D eigenvalue weighted by Gasteiger charge is 2.17. The first-order valence-electron chi connectivity index (χ1n) is 12.2. The highest BCUT2D eigenvalue weighted by molar-refractivity contribution is 6.01. The van der Waals surface area contributed by atoms with E-state index in [1.54, 1.807) is 0 Å². The van der Waals surface area contributed by atoms with Gasteiger partial charge in [0.2, 0.25) is 5.91 Å². The van der Waals surface area contributed by atoms with Gasteiger partial charge in [-0.05, 0) is 54.6 Å². The largest absolute Gasteiger partial charge is 0.486 e. The van der Waals surface area contributed by atoms with Gasteiger partial charge in [-0.15, -0.1) is 0 Å². The number of pyridine rings is 1. The Morgan fingerprint density at radius 2 is 1.78 bits per heavy atom. The summed E-state index contributed by atoms with van der Waals surface area (Å²) >= 11 is 0. The number of anilines is 2. The number of amides is 1. The van der Waals surface area contributed by atoms with Crippen LogP contribution in [0.4, 0.5) is 11.6 Å². The van der Waals surface area contributed by atoms with E-state index in [9.17, 15) is 4.79 Å². The maximum atomic E-state index is 12.8. The van der Waals surface area contributed by atoms with Crippen molar-refractivity contribution in [2.45, 2.75) is 6.42 Å². The molecule has 0 aliphatic carbocycles. The lowest BCUT2D eigenvalue weighted by Crippen LogP contribution is -2.44. The minimum atomic E-state index is -0.149. The maximum Gasteiger partial charge on any atom is 0.230 e. The number of fused-ring (bicyclic) bond motifs is 2. The second-order valence-corrected chi connectivity index (χ2v) is 9.23. The van der Waals surface area contributed by atoms with Gasteiger partial charge < -0.3 is 24.6 Å². The molecule has 4 aromatic rings. The van der Waals surface area contributed by atoms with Crippen LogP contribution < -0.4 is 19.7 Å². The first-order chi connectivity index (χ1) is 17.6. The number of hydrogen-bond donors (Lipinski definition) is 2. The van der Waals surface area contributed by atoms with Crippen LogP contribution >= 0.6 is 0 Å². The summed E-state index contributed by atoms with van der Waals surface area (Å²) in [4.78, 5) is 22.2. The van der Waals surface area contributed by atoms with Crippen molar-refractivity contribution in [1.29, 1.82) is 0 Å². The van der Waals surface area contributed by atoms with E-state index in [0.717, 1.165) is 59.6 Å². The summed E-state index contributed by atoms with van der Waals surface area (Å²) in [5.74, 6) is 2.75. The molecular formula is C27H28N6O3. The Hall–Kier alpha value is -4.11. The van der Waals surface area contributed by atoms with Crippen LogP contribution in [0.15, 0.2) is 54.7 Å². The van der Waals surface area contributed by atoms with Crippen LogP contribution in [0.5, 0.6) is 11.5 Å². The normalized spacial score (nSPS) is 15.8. The van der Waals surface area contributed by atoms with Gasteiger partial charge in [-0.25, -0.2) is 4.98 Å². The number of aromatic amines is 1. The second-order valence-electron chi connectivity index (χ2n) is 9.23. The molecule has 0 unspecified atom stereocenters. The molecule has 2 aliphatic rings. The van der Waals surface area contributed by atoms with Crippen LogP contribution in [0.25, 0.3) is 22.0 Å². The Balaban J connectivity index is 1.17. The molecule has 2 aromatic carbocycles. The molecule has 0 atom stereocenters. The summed E-state index contributed by atoms with van der Waals surface area (Å²) < 4.78 is 11.2. The summed E-state index contributed by atoms with van der Waals surface area (Å²) in [5.41, 5.74) is 3.74. The van der Waals surface area contributed by atoms with Crippen molar-refractivity contribution in [2.75, 3.05) is 56.7 Å². The Labute approximate surface area is 209 Å². The Bertz CT molecular complexity index is 1390. The van der Waals surface area contributed by atoms with Crippen LogP contribution in [-0.2, 0) is 11.2 Å². The molecule has 0 bridgehead atoms. The van der Waals surface area contributed by atoms with Crippen molar-refractivity contribution in [2.24, 2.45) is 0 Å². The van der Waals surface area contributed by atoms with Gasteiger partial charge in [0.1, 0.15) is 19.0 Å². The van der Waals surface area contributed by atoms with Crippen LogP contribution in [-0.4, -0.2) is 72.4 Å². The average Bonchev–Trinajstić information content (AvgIpc) is 3.31. The molecule has 1 fully saturated rings. The molecule has 0 radical (unpaired) electrons. The number of nitrogens with one attached hydrogen (secondary N) is 2. The molecule has 9 heteroatoms. The Kier molecular flexibility index (Phi) is 5.90. The molecule has 184 valence electrons. The van der Waals surface area contributed by atoms with E-state index in [2.05, 4.69) is 44.5 Å². The molecule has 4 heterocycles. The molecule has 0 spiro atoms. The Morgan fingerprint density at radius 3 is 2.58 bits per heavy atom. The van der Waals surface area contributed by atoms with E-state index in [-0.39, 0.29) is 12.3 Å². The highest BCUT2D eigenvalue weighted by atomic mass is 16.6. The van der Waals surface area contributed by atoms with Gasteiger partial charge in [0.15, 0.2) is 17.3 Å². The van der Waals surface area contributed by atoms with Crippen LogP contribution in [0.1, 0.15) is 5.56 Å². The number of carbonyl (C=O) groups excluding carboxylic acids is 1. The minimum Gasteiger partial charge on any atom is -0.486 e. The fourth-order valence-corrected chi connectivity index (χ4v) is 4.63. The number of nitrogens with zero attached hydrogens (tertiary/aromatic N) is 4. The molecule has 0 saturated carbocycles. The number of aromatic nitrogens is 3. The molecule has 2 N–H and O–H groups in total. The third kappa shape index (κ3) is 4.57. The van der Waals surface area contributed by atoms with Crippen molar-refractivity contribution in [3.8, 4) is 22.6 Å². The molecule has 9 nitrogen and oxygen atoms in total. The zero-order valence-corrected chi connectivity index (χ0v) is 20.2. The molecule has 1 saturated heterocycles. The zero-order chi connectivity index (χ0) is 24.5. The van der Waals surface area contributed by atoms with E-state index in [0.29, 0.717) is 30.5 Å². The predicted molar refractivity (Wildman–Crippen MR) is 139 cm³/mol. The predicted octanol–water partition coefficient (Wildman–Crippen LogP) is 3.33. The van der Waals surface area contributed by atoms with Crippen LogP contribution in [0.2, 0.25) is 0 Å². The lowest BCUT2D eigenvalue weighted by atomic mass is 10.1. The molecule has 2 aromatic heterocycles.